The van der Waals surface area contributed by atoms with Crippen LogP contribution in [0.3, 0.4) is 0 Å². The van der Waals surface area contributed by atoms with E-state index in [1.807, 2.05) is 0 Å². The Kier molecular flexibility index (Phi) is 7.88. The molecule has 0 unspecified atom stereocenters. The molecule has 0 atom stereocenters. The minimum atomic E-state index is -0.649. The molecular formula is C12H8ClF2IrN. The Morgan fingerprint density at radius 2 is 1.94 bits per heavy atom. The molecule has 0 N–H and O–H groups in total. The standard InChI is InChI=1S/C11H6F2N.CH2.ClH.Ir/c12-8-4-5-9(10(13)7-8)11-3-1-2-6-14-11;;;/h1-4,6-7H;1H2;1H;/q2*-1;;+3/p-1. The number of aromatic nitrogens is 1. The van der Waals surface area contributed by atoms with Crippen molar-refractivity contribution in [1.29, 1.82) is 0 Å². The summed E-state index contributed by atoms with van der Waals surface area (Å²) in [4.78, 5) is 3.95. The number of hydrogen-bond donors (Lipinski definition) is 0. The zero-order chi connectivity index (χ0) is 12.0. The molecule has 0 spiro atoms. The van der Waals surface area contributed by atoms with Crippen LogP contribution in [0.2, 0.25) is 0 Å². The SMILES string of the molecule is Fc1c[c-]c(-c2ccccn2)c(F)c1.[CH2-].[Cl][Ir+2]. The predicted octanol–water partition coefficient (Wildman–Crippen LogP) is 3.84. The summed E-state index contributed by atoms with van der Waals surface area (Å²) in [5.41, 5.74) is 0.636. The number of hydrogen-bond acceptors (Lipinski definition) is 1. The van der Waals surface area contributed by atoms with Crippen LogP contribution >= 0.6 is 9.58 Å². The molecule has 0 aliphatic heterocycles. The first-order valence-electron chi connectivity index (χ1n) is 4.18. The van der Waals surface area contributed by atoms with E-state index in [0.29, 0.717) is 5.69 Å². The maximum absolute atomic E-state index is 13.2. The Bertz CT molecular complexity index is 452. The summed E-state index contributed by atoms with van der Waals surface area (Å²) >= 11 is 1.47. The molecule has 91 valence electrons. The molecule has 1 heterocycles. The van der Waals surface area contributed by atoms with E-state index in [1.165, 1.54) is 17.9 Å². The van der Waals surface area contributed by atoms with Gasteiger partial charge in [-0.25, -0.2) is 0 Å². The summed E-state index contributed by atoms with van der Waals surface area (Å²) in [6, 6.07) is 9.53. The van der Waals surface area contributed by atoms with Crippen molar-refractivity contribution in [3.05, 3.63) is 61.7 Å². The fourth-order valence-electron chi connectivity index (χ4n) is 1.15. The fraction of sp³-hybridized carbons (Fsp3) is 0. The summed E-state index contributed by atoms with van der Waals surface area (Å²) in [5, 5.41) is 0. The van der Waals surface area contributed by atoms with E-state index in [2.05, 4.69) is 20.6 Å². The second-order valence-electron chi connectivity index (χ2n) is 2.76. The maximum atomic E-state index is 13.2. The van der Waals surface area contributed by atoms with Gasteiger partial charge in [-0.2, -0.15) is 0 Å². The van der Waals surface area contributed by atoms with Crippen LogP contribution in [0.4, 0.5) is 8.78 Å². The molecule has 2 aromatic rings. The molecule has 1 radical (unpaired) electrons. The van der Waals surface area contributed by atoms with Gasteiger partial charge in [0.15, 0.2) is 0 Å². The first kappa shape index (κ1) is 16.2. The zero-order valence-corrected chi connectivity index (χ0v) is 11.7. The number of nitrogens with zero attached hydrogens (tertiary/aromatic N) is 1. The molecule has 0 aliphatic rings. The van der Waals surface area contributed by atoms with Gasteiger partial charge in [0, 0.05) is 17.8 Å². The first-order chi connectivity index (χ1) is 7.77. The van der Waals surface area contributed by atoms with Gasteiger partial charge in [-0.1, -0.05) is 23.8 Å². The quantitative estimate of drug-likeness (QED) is 0.625. The van der Waals surface area contributed by atoms with Crippen LogP contribution in [0.1, 0.15) is 0 Å². The summed E-state index contributed by atoms with van der Waals surface area (Å²) < 4.78 is 25.8. The molecule has 5 heteroatoms. The van der Waals surface area contributed by atoms with Crippen LogP contribution in [0, 0.1) is 25.1 Å². The van der Waals surface area contributed by atoms with E-state index < -0.39 is 11.6 Å². The van der Waals surface area contributed by atoms with Gasteiger partial charge in [-0.3, -0.25) is 8.78 Å². The Morgan fingerprint density at radius 3 is 2.47 bits per heavy atom. The fourth-order valence-corrected chi connectivity index (χ4v) is 1.15. The van der Waals surface area contributed by atoms with Gasteiger partial charge in [0.05, 0.1) is 0 Å². The van der Waals surface area contributed by atoms with Gasteiger partial charge < -0.3 is 12.4 Å². The van der Waals surface area contributed by atoms with E-state index in [4.69, 9.17) is 0 Å². The molecule has 2 rings (SSSR count). The zero-order valence-electron chi connectivity index (χ0n) is 8.59. The molecule has 0 bridgehead atoms. The first-order valence-corrected chi connectivity index (χ1v) is 7.15. The second kappa shape index (κ2) is 8.29. The number of rotatable bonds is 1. The van der Waals surface area contributed by atoms with Gasteiger partial charge in [0.2, 0.25) is 0 Å². The van der Waals surface area contributed by atoms with Crippen molar-refractivity contribution in [2.45, 2.75) is 0 Å². The molecular weight excluding hydrogens is 424 g/mol. The van der Waals surface area contributed by atoms with Gasteiger partial charge in [-0.05, 0) is 11.8 Å². The molecule has 1 nitrogen and oxygen atoms in total. The van der Waals surface area contributed by atoms with Crippen LogP contribution in [-0.2, 0) is 17.9 Å². The molecule has 1 aromatic carbocycles. The molecule has 0 saturated heterocycles. The Hall–Kier alpha value is -0.831. The predicted molar refractivity (Wildman–Crippen MR) is 59.6 cm³/mol. The van der Waals surface area contributed by atoms with Crippen molar-refractivity contribution in [1.82, 2.24) is 4.98 Å². The third-order valence-electron chi connectivity index (χ3n) is 1.78. The average Bonchev–Trinajstić information content (AvgIpc) is 2.33. The number of benzene rings is 1. The summed E-state index contributed by atoms with van der Waals surface area (Å²) in [6.45, 7) is 0. The van der Waals surface area contributed by atoms with E-state index in [0.717, 1.165) is 12.1 Å². The number of halogens is 3. The third kappa shape index (κ3) is 4.50. The van der Waals surface area contributed by atoms with Crippen molar-refractivity contribution in [3.63, 3.8) is 0 Å². The van der Waals surface area contributed by atoms with E-state index in [-0.39, 0.29) is 13.0 Å². The van der Waals surface area contributed by atoms with Gasteiger partial charge in [-0.15, -0.1) is 12.1 Å². The molecule has 0 aliphatic carbocycles. The monoisotopic (exact) mass is 432 g/mol. The van der Waals surface area contributed by atoms with Crippen LogP contribution < -0.4 is 0 Å². The van der Waals surface area contributed by atoms with E-state index in [9.17, 15) is 8.78 Å². The van der Waals surface area contributed by atoms with Crippen LogP contribution in [-0.4, -0.2) is 4.98 Å². The Balaban J connectivity index is 0.000000811. The third-order valence-corrected chi connectivity index (χ3v) is 1.78. The Labute approximate surface area is 114 Å². The molecule has 0 saturated carbocycles. The van der Waals surface area contributed by atoms with Gasteiger partial charge in [0.1, 0.15) is 0 Å². The van der Waals surface area contributed by atoms with Crippen molar-refractivity contribution in [2.24, 2.45) is 0 Å². The van der Waals surface area contributed by atoms with Crippen LogP contribution in [0.15, 0.2) is 36.5 Å². The topological polar surface area (TPSA) is 12.9 Å². The van der Waals surface area contributed by atoms with Crippen molar-refractivity contribution in [3.8, 4) is 11.3 Å². The van der Waals surface area contributed by atoms with Gasteiger partial charge >= 0.3 is 27.5 Å². The van der Waals surface area contributed by atoms with Crippen molar-refractivity contribution >= 4 is 9.58 Å². The van der Waals surface area contributed by atoms with E-state index in [1.54, 1.807) is 24.4 Å². The molecule has 17 heavy (non-hydrogen) atoms. The van der Waals surface area contributed by atoms with E-state index >= 15 is 0 Å². The van der Waals surface area contributed by atoms with Crippen molar-refractivity contribution in [2.75, 3.05) is 0 Å². The second-order valence-corrected chi connectivity index (χ2v) is 2.76. The summed E-state index contributed by atoms with van der Waals surface area (Å²) in [6.07, 6.45) is 1.55. The minimum absolute atomic E-state index is 0. The normalized spacial score (nSPS) is 8.71. The summed E-state index contributed by atoms with van der Waals surface area (Å²) in [7, 11) is 4.64. The molecule has 1 aromatic heterocycles. The Morgan fingerprint density at radius 1 is 1.24 bits per heavy atom. The number of pyridine rings is 1. The van der Waals surface area contributed by atoms with Crippen LogP contribution in [0.25, 0.3) is 11.3 Å². The summed E-state index contributed by atoms with van der Waals surface area (Å²) in [5.74, 6) is -1.29. The molecule has 0 fully saturated rings. The molecule has 0 amide bonds. The van der Waals surface area contributed by atoms with Crippen molar-refractivity contribution < 1.29 is 26.7 Å². The van der Waals surface area contributed by atoms with Gasteiger partial charge in [0.25, 0.3) is 0 Å². The average molecular weight is 432 g/mol. The van der Waals surface area contributed by atoms with Crippen LogP contribution in [0.5, 0.6) is 0 Å².